The summed E-state index contributed by atoms with van der Waals surface area (Å²) in [5.41, 5.74) is 0. The number of aliphatic carboxylic acids is 1. The van der Waals surface area contributed by atoms with Gasteiger partial charge in [-0.15, -0.1) is 0 Å². The largest absolute Gasteiger partial charge is 0.497 e. The Labute approximate surface area is 131 Å². The molecule has 0 amide bonds. The van der Waals surface area contributed by atoms with Crippen LogP contribution in [0.25, 0.3) is 0 Å². The number of nitrogens with zero attached hydrogens (tertiary/aromatic N) is 1. The molecule has 0 aromatic heterocycles. The summed E-state index contributed by atoms with van der Waals surface area (Å²) in [6, 6.07) is 7.67. The summed E-state index contributed by atoms with van der Waals surface area (Å²) in [6.45, 7) is 6.30. The predicted molar refractivity (Wildman–Crippen MR) is 84.4 cm³/mol. The van der Waals surface area contributed by atoms with Gasteiger partial charge in [-0.05, 0) is 57.0 Å². The van der Waals surface area contributed by atoms with Crippen LogP contribution < -0.4 is 9.47 Å². The number of methoxy groups -OCH3 is 1. The molecule has 0 saturated carbocycles. The number of carboxylic acids is 1. The molecule has 5 nitrogen and oxygen atoms in total. The Morgan fingerprint density at radius 2 is 1.95 bits per heavy atom. The van der Waals surface area contributed by atoms with Gasteiger partial charge in [0.05, 0.1) is 13.0 Å². The maximum Gasteiger partial charge on any atom is 0.310 e. The zero-order valence-electron chi connectivity index (χ0n) is 13.5. The van der Waals surface area contributed by atoms with E-state index in [9.17, 15) is 9.90 Å². The first-order chi connectivity index (χ1) is 10.5. The lowest BCUT2D eigenvalue weighted by Crippen LogP contribution is -2.33. The predicted octanol–water partition coefficient (Wildman–Crippen LogP) is 2.51. The van der Waals surface area contributed by atoms with Crippen molar-refractivity contribution in [3.8, 4) is 11.5 Å². The lowest BCUT2D eigenvalue weighted by molar-refractivity contribution is -0.144. The van der Waals surface area contributed by atoms with Crippen LogP contribution >= 0.6 is 0 Å². The first-order valence-electron chi connectivity index (χ1n) is 7.75. The summed E-state index contributed by atoms with van der Waals surface area (Å²) in [7, 11) is 1.61. The Hall–Kier alpha value is -1.75. The molecule has 1 N–H and O–H groups in total. The van der Waals surface area contributed by atoms with Gasteiger partial charge in [0.25, 0.3) is 0 Å². The fraction of sp³-hybridized carbons (Fsp3) is 0.588. The highest BCUT2D eigenvalue weighted by atomic mass is 16.5. The van der Waals surface area contributed by atoms with Crippen LogP contribution in [0.1, 0.15) is 20.3 Å². The van der Waals surface area contributed by atoms with Crippen LogP contribution in [-0.4, -0.2) is 48.8 Å². The SMILES string of the molecule is COc1ccc(OCC(C(=O)O)C2CCN(C(C)C)C2)cc1. The van der Waals surface area contributed by atoms with Gasteiger partial charge >= 0.3 is 5.97 Å². The number of carboxylic acid groups (broad SMARTS) is 1. The van der Waals surface area contributed by atoms with E-state index in [1.165, 1.54) is 0 Å². The van der Waals surface area contributed by atoms with Gasteiger partial charge in [0.1, 0.15) is 18.1 Å². The van der Waals surface area contributed by atoms with Gasteiger partial charge in [-0.25, -0.2) is 0 Å². The average molecular weight is 307 g/mol. The second-order valence-corrected chi connectivity index (χ2v) is 6.07. The van der Waals surface area contributed by atoms with Crippen molar-refractivity contribution in [1.82, 2.24) is 4.90 Å². The lowest BCUT2D eigenvalue weighted by Gasteiger charge is -2.23. The van der Waals surface area contributed by atoms with Gasteiger partial charge in [0.2, 0.25) is 0 Å². The molecule has 0 spiro atoms. The molecule has 1 saturated heterocycles. The summed E-state index contributed by atoms with van der Waals surface area (Å²) in [4.78, 5) is 13.9. The minimum atomic E-state index is -0.774. The van der Waals surface area contributed by atoms with Gasteiger partial charge in [-0.2, -0.15) is 0 Å². The van der Waals surface area contributed by atoms with E-state index in [2.05, 4.69) is 18.7 Å². The maximum absolute atomic E-state index is 11.6. The second-order valence-electron chi connectivity index (χ2n) is 6.07. The molecular weight excluding hydrogens is 282 g/mol. The molecule has 5 heteroatoms. The van der Waals surface area contributed by atoms with Crippen molar-refractivity contribution in [3.63, 3.8) is 0 Å². The normalized spacial score (nSPS) is 20.1. The van der Waals surface area contributed by atoms with Crippen LogP contribution in [0.5, 0.6) is 11.5 Å². The molecule has 22 heavy (non-hydrogen) atoms. The highest BCUT2D eigenvalue weighted by Gasteiger charge is 2.35. The molecule has 2 atom stereocenters. The van der Waals surface area contributed by atoms with Crippen molar-refractivity contribution in [3.05, 3.63) is 24.3 Å². The highest BCUT2D eigenvalue weighted by Crippen LogP contribution is 2.27. The van der Waals surface area contributed by atoms with Gasteiger partial charge in [0.15, 0.2) is 0 Å². The second kappa shape index (κ2) is 7.49. The molecule has 0 bridgehead atoms. The van der Waals surface area contributed by atoms with Crippen molar-refractivity contribution >= 4 is 5.97 Å². The molecule has 1 aliphatic heterocycles. The third kappa shape index (κ3) is 4.13. The van der Waals surface area contributed by atoms with Gasteiger partial charge < -0.3 is 19.5 Å². The van der Waals surface area contributed by atoms with Gasteiger partial charge in [-0.1, -0.05) is 0 Å². The Morgan fingerprint density at radius 1 is 1.32 bits per heavy atom. The standard InChI is InChI=1S/C17H25NO4/c1-12(2)18-9-8-13(10-18)16(17(19)20)11-22-15-6-4-14(21-3)5-7-15/h4-7,12-13,16H,8-11H2,1-3H3,(H,19,20). The highest BCUT2D eigenvalue weighted by molar-refractivity contribution is 5.70. The molecule has 2 rings (SSSR count). The number of hydrogen-bond acceptors (Lipinski definition) is 4. The minimum absolute atomic E-state index is 0.151. The van der Waals surface area contributed by atoms with E-state index in [-0.39, 0.29) is 12.5 Å². The molecule has 1 fully saturated rings. The Bertz CT molecular complexity index is 486. The third-order valence-electron chi connectivity index (χ3n) is 4.36. The fourth-order valence-electron chi connectivity index (χ4n) is 2.88. The minimum Gasteiger partial charge on any atom is -0.497 e. The topological polar surface area (TPSA) is 59.0 Å². The van der Waals surface area contributed by atoms with Crippen molar-refractivity contribution in [2.45, 2.75) is 26.3 Å². The molecule has 2 unspecified atom stereocenters. The van der Waals surface area contributed by atoms with Crippen molar-refractivity contribution in [2.75, 3.05) is 26.8 Å². The first-order valence-corrected chi connectivity index (χ1v) is 7.75. The zero-order valence-corrected chi connectivity index (χ0v) is 13.5. The molecule has 1 heterocycles. The van der Waals surface area contributed by atoms with Crippen LogP contribution in [0.15, 0.2) is 24.3 Å². The molecule has 0 radical (unpaired) electrons. The molecule has 1 aliphatic rings. The lowest BCUT2D eigenvalue weighted by atomic mass is 9.92. The summed E-state index contributed by atoms with van der Waals surface area (Å²) in [5, 5.41) is 9.50. The molecule has 0 aliphatic carbocycles. The quantitative estimate of drug-likeness (QED) is 0.839. The van der Waals surface area contributed by atoms with E-state index >= 15 is 0 Å². The number of benzene rings is 1. The summed E-state index contributed by atoms with van der Waals surface area (Å²) >= 11 is 0. The van der Waals surface area contributed by atoms with Crippen LogP contribution in [-0.2, 0) is 4.79 Å². The molecule has 1 aromatic carbocycles. The molecule has 1 aromatic rings. The van der Waals surface area contributed by atoms with Crippen LogP contribution in [0, 0.1) is 11.8 Å². The van der Waals surface area contributed by atoms with E-state index in [1.807, 2.05) is 0 Å². The number of likely N-dealkylation sites (tertiary alicyclic amines) is 1. The smallest absolute Gasteiger partial charge is 0.310 e. The monoisotopic (exact) mass is 307 g/mol. The van der Waals surface area contributed by atoms with E-state index in [0.717, 1.165) is 25.3 Å². The van der Waals surface area contributed by atoms with E-state index < -0.39 is 11.9 Å². The van der Waals surface area contributed by atoms with Crippen molar-refractivity contribution in [2.24, 2.45) is 11.8 Å². The number of ether oxygens (including phenoxy) is 2. The maximum atomic E-state index is 11.6. The van der Waals surface area contributed by atoms with E-state index in [0.29, 0.717) is 11.8 Å². The molecule has 122 valence electrons. The average Bonchev–Trinajstić information content (AvgIpc) is 2.97. The van der Waals surface area contributed by atoms with Gasteiger partial charge in [0, 0.05) is 12.6 Å². The van der Waals surface area contributed by atoms with Crippen LogP contribution in [0.2, 0.25) is 0 Å². The number of rotatable bonds is 7. The summed E-state index contributed by atoms with van der Waals surface area (Å²) in [6.07, 6.45) is 0.918. The van der Waals surface area contributed by atoms with E-state index in [1.54, 1.807) is 31.4 Å². The first kappa shape index (κ1) is 16.6. The summed E-state index contributed by atoms with van der Waals surface area (Å²) in [5.74, 6) is 0.337. The number of carbonyl (C=O) groups is 1. The molecular formula is C17H25NO4. The zero-order chi connectivity index (χ0) is 16.1. The van der Waals surface area contributed by atoms with E-state index in [4.69, 9.17) is 9.47 Å². The van der Waals surface area contributed by atoms with Gasteiger partial charge in [-0.3, -0.25) is 4.79 Å². The Balaban J connectivity index is 1.93. The third-order valence-corrected chi connectivity index (χ3v) is 4.36. The Morgan fingerprint density at radius 3 is 2.45 bits per heavy atom. The van der Waals surface area contributed by atoms with Crippen LogP contribution in [0.3, 0.4) is 0 Å². The van der Waals surface area contributed by atoms with Crippen molar-refractivity contribution in [1.29, 1.82) is 0 Å². The van der Waals surface area contributed by atoms with Crippen molar-refractivity contribution < 1.29 is 19.4 Å². The van der Waals surface area contributed by atoms with Crippen LogP contribution in [0.4, 0.5) is 0 Å². The summed E-state index contributed by atoms with van der Waals surface area (Å²) < 4.78 is 10.8. The fourth-order valence-corrected chi connectivity index (χ4v) is 2.88. The Kier molecular flexibility index (Phi) is 5.66. The number of hydrogen-bond donors (Lipinski definition) is 1.